The van der Waals surface area contributed by atoms with Gasteiger partial charge in [0.05, 0.1) is 11.8 Å². The summed E-state index contributed by atoms with van der Waals surface area (Å²) in [6.45, 7) is 5.13. The number of carboxylic acid groups (broad SMARTS) is 2. The monoisotopic (exact) mass is 1390 g/mol. The maximum absolute atomic E-state index is 12.8. The zero-order valence-corrected chi connectivity index (χ0v) is 55.9. The molecule has 8 N–H and O–H groups in total. The first-order valence-electron chi connectivity index (χ1n) is 24.1. The van der Waals surface area contributed by atoms with Crippen molar-refractivity contribution >= 4 is 154 Å². The van der Waals surface area contributed by atoms with E-state index in [0.717, 1.165) is 47.6 Å². The van der Waals surface area contributed by atoms with Gasteiger partial charge in [0, 0.05) is 117 Å². The first kappa shape index (κ1) is 78.8. The number of aromatic hydroxyl groups is 2. The molecule has 4 fully saturated rings. The van der Waals surface area contributed by atoms with Crippen LogP contribution in [0.1, 0.15) is 52.8 Å². The molecule has 4 saturated heterocycles. The van der Waals surface area contributed by atoms with E-state index in [1.54, 1.807) is 172 Å². The number of amides is 8. The quantitative estimate of drug-likeness (QED) is 0.0488. The summed E-state index contributed by atoms with van der Waals surface area (Å²) in [5.41, 5.74) is -1.89. The molecule has 460 valence electrons. The number of carboxylic acids is 2. The van der Waals surface area contributed by atoms with Crippen molar-refractivity contribution in [3.05, 3.63) is 203 Å². The van der Waals surface area contributed by atoms with Crippen molar-refractivity contribution in [2.24, 2.45) is 11.8 Å². The Morgan fingerprint density at radius 1 is 0.477 bits per heavy atom. The molecule has 86 heavy (non-hydrogen) atoms. The Morgan fingerprint density at radius 2 is 0.779 bits per heavy atom. The average Bonchev–Trinajstić information content (AvgIpc) is 1.51. The number of hydrogen-bond acceptors (Lipinski definition) is 9. The van der Waals surface area contributed by atoms with Gasteiger partial charge in [-0.2, -0.15) is 22.1 Å². The van der Waals surface area contributed by atoms with Crippen LogP contribution in [0.4, 0.5) is 19.2 Å². The summed E-state index contributed by atoms with van der Waals surface area (Å²) >= 11 is 54.1. The number of aliphatic carboxylic acids is 2. The van der Waals surface area contributed by atoms with Crippen molar-refractivity contribution in [2.75, 3.05) is 12.8 Å². The zero-order chi connectivity index (χ0) is 61.1. The van der Waals surface area contributed by atoms with Gasteiger partial charge in [-0.1, -0.05) is 159 Å². The van der Waals surface area contributed by atoms with Crippen molar-refractivity contribution < 1.29 is 89.7 Å². The largest absolute Gasteiger partial charge is 1.00 e. The fourth-order valence-corrected chi connectivity index (χ4v) is 12.2. The van der Waals surface area contributed by atoms with Crippen molar-refractivity contribution in [3.63, 3.8) is 0 Å². The van der Waals surface area contributed by atoms with Gasteiger partial charge in [-0.15, -0.1) is 35.6 Å². The predicted octanol–water partition coefficient (Wildman–Crippen LogP) is 10.5. The van der Waals surface area contributed by atoms with Gasteiger partial charge in [0.1, 0.15) is 11.5 Å². The summed E-state index contributed by atoms with van der Waals surface area (Å²) < 4.78 is 5.81. The molecule has 4 aliphatic heterocycles. The van der Waals surface area contributed by atoms with E-state index in [2.05, 4.69) is 28.5 Å². The average molecular weight is 1400 g/mol. The number of aryl methyl sites for hydroxylation is 1. The molecule has 0 saturated carbocycles. The molecular formula is C55H57Cl10N8NaO12. The second-order valence-electron chi connectivity index (χ2n) is 18.1. The number of carbonyl (C=O) groups excluding carboxylic acids is 4. The van der Waals surface area contributed by atoms with E-state index in [9.17, 15) is 33.9 Å². The smallest absolute Gasteiger partial charge is 0.870 e. The van der Waals surface area contributed by atoms with E-state index in [-0.39, 0.29) is 76.3 Å². The summed E-state index contributed by atoms with van der Waals surface area (Å²) in [6, 6.07) is 43.8. The van der Waals surface area contributed by atoms with Crippen LogP contribution in [0, 0.1) is 18.8 Å². The summed E-state index contributed by atoms with van der Waals surface area (Å²) in [6.07, 6.45) is 3.94. The Balaban J connectivity index is 0.000000576. The number of fused-ring (bicyclic) bond motifs is 2. The minimum atomic E-state index is -1.71. The van der Waals surface area contributed by atoms with Crippen LogP contribution >= 0.6 is 118 Å². The third-order valence-electron chi connectivity index (χ3n) is 13.3. The number of phenols is 2. The number of nitrogens with one attached hydrogen (secondary N) is 1. The van der Waals surface area contributed by atoms with Gasteiger partial charge in [0.15, 0.2) is 0 Å². The fraction of sp³-hybridized carbons (Fsp3) is 0.236. The van der Waals surface area contributed by atoms with Gasteiger partial charge in [-0.05, 0) is 54.7 Å². The summed E-state index contributed by atoms with van der Waals surface area (Å²) in [7, 11) is 0. The molecule has 0 spiro atoms. The number of hydrogen-bond donors (Lipinski definition) is 5. The number of carbonyl (C=O) groups is 6. The van der Waals surface area contributed by atoms with Crippen LogP contribution in [0.3, 0.4) is 0 Å². The van der Waals surface area contributed by atoms with Crippen LogP contribution in [0.5, 0.6) is 11.5 Å². The molecule has 10 rings (SSSR count). The molecule has 20 nitrogen and oxygen atoms in total. The summed E-state index contributed by atoms with van der Waals surface area (Å²) in [5, 5.41) is 38.4. The maximum Gasteiger partial charge on any atom is 1.00 e. The fourth-order valence-electron chi connectivity index (χ4n) is 9.48. The number of rotatable bonds is 10. The third-order valence-corrected chi connectivity index (χ3v) is 16.1. The van der Waals surface area contributed by atoms with Gasteiger partial charge >= 0.3 is 65.6 Å². The first-order chi connectivity index (χ1) is 39.0. The Bertz CT molecular complexity index is 3110. The Morgan fingerprint density at radius 3 is 1.13 bits per heavy atom. The van der Waals surface area contributed by atoms with Crippen molar-refractivity contribution in [2.45, 2.75) is 56.3 Å². The number of nitrogens with zero attached hydrogens (tertiary/aromatic N) is 7. The van der Waals surface area contributed by atoms with Gasteiger partial charge in [0.2, 0.25) is 22.7 Å². The molecule has 4 heterocycles. The van der Waals surface area contributed by atoms with E-state index < -0.39 is 58.7 Å². The minimum Gasteiger partial charge on any atom is -0.870 e. The van der Waals surface area contributed by atoms with E-state index >= 15 is 0 Å². The van der Waals surface area contributed by atoms with E-state index in [1.807, 2.05) is 12.1 Å². The Labute approximate surface area is 570 Å². The molecule has 8 amide bonds. The number of benzene rings is 6. The maximum atomic E-state index is 12.8. The van der Waals surface area contributed by atoms with Gasteiger partial charge < -0.3 is 36.7 Å². The molecule has 0 radical (unpaired) electrons. The van der Waals surface area contributed by atoms with Crippen LogP contribution in [0.2, 0.25) is 0 Å². The zero-order valence-electron chi connectivity index (χ0n) is 46.3. The van der Waals surface area contributed by atoms with Crippen LogP contribution in [0.15, 0.2) is 164 Å². The topological polar surface area (TPSA) is 280 Å². The number of halogens is 10. The van der Waals surface area contributed by atoms with Crippen LogP contribution in [0.25, 0.3) is 0 Å². The van der Waals surface area contributed by atoms with Gasteiger partial charge in [-0.3, -0.25) is 9.59 Å². The molecule has 0 bridgehead atoms. The van der Waals surface area contributed by atoms with Crippen LogP contribution in [-0.4, -0.2) is 111 Å². The Kier molecular flexibility index (Phi) is 31.1. The van der Waals surface area contributed by atoms with Crippen molar-refractivity contribution in [3.8, 4) is 11.5 Å². The molecule has 31 heteroatoms. The molecule has 6 aromatic carbocycles. The van der Waals surface area contributed by atoms with Gasteiger partial charge in [0.25, 0.3) is 0 Å². The number of phenolic OH excluding ortho intramolecular Hbond substituents is 2. The Hall–Kier alpha value is -5.24. The predicted molar refractivity (Wildman–Crippen MR) is 329 cm³/mol. The van der Waals surface area contributed by atoms with E-state index in [0.29, 0.717) is 35.1 Å². The molecular weight excluding hydrogens is 1340 g/mol. The normalized spacial score (nSPS) is 20.8. The second kappa shape index (κ2) is 33.9. The molecule has 0 aromatic heterocycles. The van der Waals surface area contributed by atoms with Crippen molar-refractivity contribution in [1.29, 1.82) is 0 Å². The van der Waals surface area contributed by atoms with E-state index in [1.165, 1.54) is 12.8 Å². The third kappa shape index (κ3) is 14.3. The van der Waals surface area contributed by atoms with Crippen LogP contribution < -0.4 is 34.9 Å². The second-order valence-corrected chi connectivity index (χ2v) is 20.5. The van der Waals surface area contributed by atoms with Crippen molar-refractivity contribution in [1.82, 2.24) is 36.2 Å². The van der Waals surface area contributed by atoms with E-state index in [4.69, 9.17) is 97.8 Å². The molecule has 6 aromatic rings. The number of alkyl halides is 2. The summed E-state index contributed by atoms with van der Waals surface area (Å²) in [5.74, 6) is -1.92. The molecule has 0 aliphatic carbocycles. The molecule has 4 aliphatic rings. The minimum absolute atomic E-state index is 0. The van der Waals surface area contributed by atoms with Crippen LogP contribution in [-0.2, 0) is 45.1 Å². The number of urea groups is 4. The summed E-state index contributed by atoms with van der Waals surface area (Å²) in [4.78, 5) is 71.9. The first-order valence-corrected chi connectivity index (χ1v) is 28.0. The molecule has 4 atom stereocenters. The molecule has 4 unspecified atom stereocenters. The van der Waals surface area contributed by atoms with Gasteiger partial charge in [-0.25, -0.2) is 28.0 Å². The SMILES string of the molecule is CC(Cc1ccc(O)cc1)C(=O)O.CCl.CCl.Cc1cc(CC(C)C(=O)O)ccc1O.Cl.O.O=C1N(Cl)C2(c3ccccc3)N(Cl)C(=O)N(Cl)C2(c2ccccc2)N1Cl.O=C1NC2(c3ccccc3)N(Cl)C(=O)N(Cl)C2(c2ccccc2)N1Cl.[Na+].[OH-]. The standard InChI is InChI=1S/C16H10Cl4N4O2.C16H11Cl3N4O2.C11H14O3.C10H12O3.2CH3Cl.ClH.Na.2H2O/c17-21-13(25)23(19)16(12-9-5-2-6-10-12)15(21,11-7-3-1-4-8-11)22(18)14(26)24(16)20;17-21-13(24)20-15(11-7-3-1-4-8-11)16(21,12-9-5-2-6-10-12)23(19)14(25)22(15)18;1-7-5-9(3-4-10(7)12)6-8(2)11(13)14;1-7(10(12)13)6-8-2-4-9(11)5-3-8;2*1-2;;;;/h1-10H;1-10H,(H,20,24);3-5,8,12H,6H2,1-2H3,(H,13,14);2-5,7,11H,6H2,1H3,(H,12,13);2*1H3;1H;;2*1H2/q;;;;;;;+1;;/p-1.